The summed E-state index contributed by atoms with van der Waals surface area (Å²) in [5.74, 6) is 0.163. The topological polar surface area (TPSA) is 59.8 Å². The molecule has 0 aliphatic carbocycles. The number of sulfonamides is 1. The monoisotopic (exact) mass is 458 g/mol. The Morgan fingerprint density at radius 1 is 1.28 bits per heavy atom. The molecule has 0 amide bonds. The lowest BCUT2D eigenvalue weighted by Crippen LogP contribution is -3.13. The first-order valence-electron chi connectivity index (χ1n) is 9.55. The van der Waals surface area contributed by atoms with Crippen LogP contribution in [0.3, 0.4) is 0 Å². The number of ether oxygens (including phenoxy) is 1. The van der Waals surface area contributed by atoms with Gasteiger partial charge in [-0.2, -0.15) is 13.2 Å². The molecule has 3 unspecified atom stereocenters. The van der Waals surface area contributed by atoms with Gasteiger partial charge in [0.05, 0.1) is 12.8 Å². The highest BCUT2D eigenvalue weighted by Crippen LogP contribution is 2.22. The number of hydrogen-bond acceptors (Lipinski definition) is 3. The van der Waals surface area contributed by atoms with Crippen molar-refractivity contribution in [1.82, 2.24) is 4.72 Å². The van der Waals surface area contributed by atoms with Gasteiger partial charge in [0.1, 0.15) is 25.8 Å². The van der Waals surface area contributed by atoms with Crippen LogP contribution in [0.1, 0.15) is 43.9 Å². The van der Waals surface area contributed by atoms with Gasteiger partial charge in [-0.05, 0) is 18.4 Å². The second kappa shape index (κ2) is 10.9. The van der Waals surface area contributed by atoms with E-state index in [-0.39, 0.29) is 30.5 Å². The maximum Gasteiger partial charge on any atom is 0.411 e. The summed E-state index contributed by atoms with van der Waals surface area (Å²) >= 11 is 0. The van der Waals surface area contributed by atoms with Crippen molar-refractivity contribution in [3.05, 3.63) is 35.4 Å². The zero-order valence-corrected chi connectivity index (χ0v) is 18.5. The van der Waals surface area contributed by atoms with Crippen LogP contribution in [0.4, 0.5) is 13.2 Å². The van der Waals surface area contributed by atoms with Crippen LogP contribution in [0, 0.1) is 5.92 Å². The largest absolute Gasteiger partial charge is 1.00 e. The Hall–Kier alpha value is -0.870. The fraction of sp³-hybridized carbons (Fsp3) is 0.684. The summed E-state index contributed by atoms with van der Waals surface area (Å²) in [6, 6.07) is 7.33. The van der Waals surface area contributed by atoms with Crippen LogP contribution < -0.4 is 22.0 Å². The minimum Gasteiger partial charge on any atom is -1.00 e. The summed E-state index contributed by atoms with van der Waals surface area (Å²) in [4.78, 5) is 1.20. The SMILES string of the molecule is CCC1CC[NH+](Cc2ccc([C@@H](C)NS(C)(=O)=O)cc2)CC1OCC(F)(F)F.[Cl-]. The average molecular weight is 459 g/mol. The molecular weight excluding hydrogens is 429 g/mol. The second-order valence-electron chi connectivity index (χ2n) is 7.66. The molecule has 1 aliphatic rings. The highest BCUT2D eigenvalue weighted by atomic mass is 35.5. The third kappa shape index (κ3) is 9.21. The summed E-state index contributed by atoms with van der Waals surface area (Å²) in [5.41, 5.74) is 1.93. The van der Waals surface area contributed by atoms with Crippen molar-refractivity contribution in [2.24, 2.45) is 5.92 Å². The molecule has 168 valence electrons. The third-order valence-corrected chi connectivity index (χ3v) is 5.98. The van der Waals surface area contributed by atoms with Crippen molar-refractivity contribution in [3.63, 3.8) is 0 Å². The first-order chi connectivity index (χ1) is 13.0. The fourth-order valence-corrected chi connectivity index (χ4v) is 4.53. The molecule has 1 aliphatic heterocycles. The van der Waals surface area contributed by atoms with Crippen LogP contribution in [0.2, 0.25) is 0 Å². The van der Waals surface area contributed by atoms with Gasteiger partial charge in [0, 0.05) is 18.0 Å². The molecule has 0 saturated carbocycles. The zero-order valence-electron chi connectivity index (χ0n) is 16.9. The van der Waals surface area contributed by atoms with Gasteiger partial charge >= 0.3 is 6.18 Å². The Balaban J connectivity index is 0.00000420. The van der Waals surface area contributed by atoms with Gasteiger partial charge in [0.15, 0.2) is 0 Å². The van der Waals surface area contributed by atoms with Crippen LogP contribution in [0.25, 0.3) is 0 Å². The highest BCUT2D eigenvalue weighted by molar-refractivity contribution is 7.88. The van der Waals surface area contributed by atoms with E-state index in [1.54, 1.807) is 6.92 Å². The number of rotatable bonds is 8. The number of hydrogen-bond donors (Lipinski definition) is 2. The van der Waals surface area contributed by atoms with Gasteiger partial charge in [-0.15, -0.1) is 0 Å². The first kappa shape index (κ1) is 26.2. The summed E-state index contributed by atoms with van der Waals surface area (Å²) in [5, 5.41) is 0. The minimum absolute atomic E-state index is 0. The molecule has 1 fully saturated rings. The summed E-state index contributed by atoms with van der Waals surface area (Å²) < 4.78 is 68.0. The van der Waals surface area contributed by atoms with E-state index in [1.807, 2.05) is 31.2 Å². The standard InChI is InChI=1S/C19H29F3N2O3S.ClH/c1-4-16-9-10-24(12-18(16)27-13-19(20,21)22)11-15-5-7-17(8-6-15)14(2)23-28(3,25)26;/h5-8,14,16,18,23H,4,9-13H2,1-3H3;1H/t14-,16?,18?;/m1./s1. The molecule has 10 heteroatoms. The third-order valence-electron chi connectivity index (χ3n) is 5.19. The van der Waals surface area contributed by atoms with Gasteiger partial charge < -0.3 is 22.0 Å². The van der Waals surface area contributed by atoms with Crippen molar-refractivity contribution >= 4 is 10.0 Å². The predicted octanol–water partition coefficient (Wildman–Crippen LogP) is -0.937. The van der Waals surface area contributed by atoms with E-state index in [1.165, 1.54) is 4.90 Å². The molecule has 0 radical (unpaired) electrons. The Kier molecular flexibility index (Phi) is 9.88. The maximum atomic E-state index is 12.5. The normalized spacial score (nSPS) is 24.0. The maximum absolute atomic E-state index is 12.5. The van der Waals surface area contributed by atoms with Gasteiger partial charge in [-0.3, -0.25) is 0 Å². The van der Waals surface area contributed by atoms with Crippen molar-refractivity contribution in [3.8, 4) is 0 Å². The molecule has 1 saturated heterocycles. The Morgan fingerprint density at radius 3 is 2.41 bits per heavy atom. The number of piperidine rings is 1. The van der Waals surface area contributed by atoms with Crippen LogP contribution in [-0.2, 0) is 21.3 Å². The summed E-state index contributed by atoms with van der Waals surface area (Å²) in [6.07, 6.45) is -1.90. The molecule has 29 heavy (non-hydrogen) atoms. The zero-order chi connectivity index (χ0) is 20.9. The average Bonchev–Trinajstić information content (AvgIpc) is 2.58. The van der Waals surface area contributed by atoms with Crippen LogP contribution >= 0.6 is 0 Å². The van der Waals surface area contributed by atoms with E-state index in [0.717, 1.165) is 36.8 Å². The number of likely N-dealkylation sites (tertiary alicyclic amines) is 1. The van der Waals surface area contributed by atoms with Crippen molar-refractivity contribution in [2.75, 3.05) is 26.0 Å². The van der Waals surface area contributed by atoms with E-state index in [0.29, 0.717) is 13.1 Å². The lowest BCUT2D eigenvalue weighted by atomic mass is 9.91. The number of benzene rings is 1. The second-order valence-corrected chi connectivity index (χ2v) is 9.44. The van der Waals surface area contributed by atoms with E-state index in [2.05, 4.69) is 4.72 Å². The molecule has 0 aromatic heterocycles. The molecule has 0 bridgehead atoms. The first-order valence-corrected chi connectivity index (χ1v) is 11.4. The molecule has 1 aromatic rings. The van der Waals surface area contributed by atoms with E-state index in [4.69, 9.17) is 4.74 Å². The fourth-order valence-electron chi connectivity index (χ4n) is 3.75. The van der Waals surface area contributed by atoms with E-state index >= 15 is 0 Å². The van der Waals surface area contributed by atoms with Gasteiger partial charge in [-0.25, -0.2) is 13.1 Å². The van der Waals surface area contributed by atoms with Gasteiger partial charge in [0.25, 0.3) is 0 Å². The number of alkyl halides is 3. The Labute approximate surface area is 177 Å². The molecule has 2 rings (SSSR count). The summed E-state index contributed by atoms with van der Waals surface area (Å²) in [7, 11) is -3.28. The van der Waals surface area contributed by atoms with Gasteiger partial charge in [0.2, 0.25) is 10.0 Å². The quantitative estimate of drug-likeness (QED) is 0.529. The minimum atomic E-state index is -4.30. The molecule has 5 nitrogen and oxygen atoms in total. The van der Waals surface area contributed by atoms with Crippen molar-refractivity contribution < 1.29 is 43.6 Å². The number of nitrogens with one attached hydrogen (secondary N) is 2. The molecule has 1 aromatic carbocycles. The lowest BCUT2D eigenvalue weighted by Gasteiger charge is -2.35. The molecule has 2 N–H and O–H groups in total. The highest BCUT2D eigenvalue weighted by Gasteiger charge is 2.36. The Morgan fingerprint density at radius 2 is 1.90 bits per heavy atom. The van der Waals surface area contributed by atoms with E-state index < -0.39 is 22.8 Å². The molecule has 1 heterocycles. The predicted molar refractivity (Wildman–Crippen MR) is 101 cm³/mol. The van der Waals surface area contributed by atoms with E-state index in [9.17, 15) is 21.6 Å². The summed E-state index contributed by atoms with van der Waals surface area (Å²) in [6.45, 7) is 4.74. The van der Waals surface area contributed by atoms with Gasteiger partial charge in [-0.1, -0.05) is 37.6 Å². The van der Waals surface area contributed by atoms with Crippen LogP contribution in [0.5, 0.6) is 0 Å². The number of halogens is 4. The molecular formula is C19H30ClF3N2O3S. The van der Waals surface area contributed by atoms with Crippen molar-refractivity contribution in [2.45, 2.75) is 51.6 Å². The lowest BCUT2D eigenvalue weighted by molar-refractivity contribution is -0.923. The Bertz CT molecular complexity index is 729. The molecule has 4 atom stereocenters. The van der Waals surface area contributed by atoms with Crippen molar-refractivity contribution in [1.29, 1.82) is 0 Å². The van der Waals surface area contributed by atoms with Crippen LogP contribution in [0.15, 0.2) is 24.3 Å². The number of quaternary nitrogens is 1. The smallest absolute Gasteiger partial charge is 0.411 e. The molecule has 0 spiro atoms. The van der Waals surface area contributed by atoms with Crippen LogP contribution in [-0.4, -0.2) is 46.7 Å².